The molecule has 0 radical (unpaired) electrons. The number of nitrogens with one attached hydrogen (secondary N) is 1. The Morgan fingerprint density at radius 3 is 2.77 bits per heavy atom. The van der Waals surface area contributed by atoms with E-state index < -0.39 is 5.41 Å². The van der Waals surface area contributed by atoms with Gasteiger partial charge in [-0.1, -0.05) is 47.4 Å². The lowest BCUT2D eigenvalue weighted by Gasteiger charge is -2.32. The van der Waals surface area contributed by atoms with Crippen LogP contribution in [0.4, 0.5) is 11.5 Å². The minimum Gasteiger partial charge on any atom is -0.310 e. The van der Waals surface area contributed by atoms with Crippen molar-refractivity contribution in [3.63, 3.8) is 0 Å². The lowest BCUT2D eigenvalue weighted by molar-refractivity contribution is -0.126. The van der Waals surface area contributed by atoms with Crippen LogP contribution in [-0.4, -0.2) is 28.1 Å². The van der Waals surface area contributed by atoms with Gasteiger partial charge < -0.3 is 5.32 Å². The van der Waals surface area contributed by atoms with Gasteiger partial charge in [0.25, 0.3) is 0 Å². The van der Waals surface area contributed by atoms with Crippen molar-refractivity contribution in [1.29, 1.82) is 0 Å². The van der Waals surface area contributed by atoms with Crippen LogP contribution >= 0.6 is 11.6 Å². The number of carbonyl (C=O) groups excluding carboxylic acids is 2. The zero-order valence-corrected chi connectivity index (χ0v) is 16.9. The van der Waals surface area contributed by atoms with E-state index in [1.54, 1.807) is 21.8 Å². The van der Waals surface area contributed by atoms with Crippen LogP contribution in [0, 0.1) is 19.3 Å². The fraction of sp³-hybridized carbons (Fsp3) is 0.174. The Morgan fingerprint density at radius 2 is 2.00 bits per heavy atom. The maximum absolute atomic E-state index is 13.7. The van der Waals surface area contributed by atoms with Gasteiger partial charge in [0.1, 0.15) is 11.2 Å². The van der Waals surface area contributed by atoms with Crippen molar-refractivity contribution < 1.29 is 9.59 Å². The van der Waals surface area contributed by atoms with Crippen LogP contribution in [0.1, 0.15) is 23.1 Å². The summed E-state index contributed by atoms with van der Waals surface area (Å²) in [6.45, 7) is 2.09. The number of halogens is 1. The monoisotopic (exact) mass is 416 g/mol. The zero-order chi connectivity index (χ0) is 21.0. The van der Waals surface area contributed by atoms with Crippen molar-refractivity contribution in [3.05, 3.63) is 70.4 Å². The Morgan fingerprint density at radius 1 is 1.20 bits per heavy atom. The van der Waals surface area contributed by atoms with E-state index in [0.29, 0.717) is 22.1 Å². The molecular weight excluding hydrogens is 400 g/mol. The average molecular weight is 417 g/mol. The minimum absolute atomic E-state index is 0.00935. The van der Waals surface area contributed by atoms with Gasteiger partial charge in [0.2, 0.25) is 11.8 Å². The predicted octanol–water partition coefficient (Wildman–Crippen LogP) is 3.44. The Bertz CT molecular complexity index is 1270. The SMILES string of the molecule is C#CCN1C(=O)[C@]2(CC(=O)Nc3c2cnn3-c2ccccc2Cl)c2cc(C)ccc21. The Labute approximate surface area is 178 Å². The number of amides is 2. The van der Waals surface area contributed by atoms with Crippen LogP contribution in [0.3, 0.4) is 0 Å². The molecule has 0 unspecified atom stereocenters. The standard InChI is InChI=1S/C23H17ClN4O2/c1-3-10-27-18-9-8-14(2)11-15(18)23(22(27)30)12-20(29)26-21-16(23)13-25-28(21)19-7-5-4-6-17(19)24/h1,4-9,11,13H,10,12H2,2H3,(H,26,29)/t23-/m1/s1. The van der Waals surface area contributed by atoms with Crippen molar-refractivity contribution in [1.82, 2.24) is 9.78 Å². The highest BCUT2D eigenvalue weighted by Gasteiger charge is 2.57. The van der Waals surface area contributed by atoms with Gasteiger partial charge in [-0.15, -0.1) is 6.42 Å². The van der Waals surface area contributed by atoms with E-state index in [9.17, 15) is 9.59 Å². The number of fused-ring (bicyclic) bond motifs is 4. The van der Waals surface area contributed by atoms with Gasteiger partial charge in [-0.2, -0.15) is 5.10 Å². The van der Waals surface area contributed by atoms with Crippen molar-refractivity contribution in [2.75, 3.05) is 16.8 Å². The van der Waals surface area contributed by atoms with Crippen molar-refractivity contribution in [3.8, 4) is 18.0 Å². The number of hydrogen-bond donors (Lipinski definition) is 1. The maximum atomic E-state index is 13.7. The Hall–Kier alpha value is -3.56. The molecule has 0 saturated carbocycles. The second-order valence-electron chi connectivity index (χ2n) is 7.52. The number of carbonyl (C=O) groups is 2. The van der Waals surface area contributed by atoms with Crippen LogP contribution in [-0.2, 0) is 15.0 Å². The summed E-state index contributed by atoms with van der Waals surface area (Å²) in [4.78, 5) is 28.2. The summed E-state index contributed by atoms with van der Waals surface area (Å²) >= 11 is 6.37. The van der Waals surface area contributed by atoms with E-state index in [2.05, 4.69) is 16.3 Å². The first kappa shape index (κ1) is 18.5. The molecule has 1 N–H and O–H groups in total. The molecule has 148 valence electrons. The summed E-state index contributed by atoms with van der Waals surface area (Å²) < 4.78 is 1.57. The first-order valence-corrected chi connectivity index (χ1v) is 9.85. The quantitative estimate of drug-likeness (QED) is 0.651. The first-order valence-electron chi connectivity index (χ1n) is 9.47. The third kappa shape index (κ3) is 2.36. The Balaban J connectivity index is 1.79. The lowest BCUT2D eigenvalue weighted by Crippen LogP contribution is -2.46. The molecule has 3 heterocycles. The van der Waals surface area contributed by atoms with Crippen LogP contribution in [0.15, 0.2) is 48.7 Å². The molecule has 5 rings (SSSR count). The number of nitrogens with zero attached hydrogens (tertiary/aromatic N) is 3. The first-order chi connectivity index (χ1) is 14.5. The van der Waals surface area contributed by atoms with Gasteiger partial charge in [-0.25, -0.2) is 4.68 Å². The van der Waals surface area contributed by atoms with E-state index in [4.69, 9.17) is 18.0 Å². The molecule has 2 aliphatic heterocycles. The normalized spacial score (nSPS) is 19.4. The average Bonchev–Trinajstić information content (AvgIpc) is 3.23. The maximum Gasteiger partial charge on any atom is 0.243 e. The lowest BCUT2D eigenvalue weighted by atomic mass is 9.71. The second-order valence-corrected chi connectivity index (χ2v) is 7.92. The van der Waals surface area contributed by atoms with Gasteiger partial charge >= 0.3 is 0 Å². The van der Waals surface area contributed by atoms with E-state index >= 15 is 0 Å². The van der Waals surface area contributed by atoms with Crippen LogP contribution in [0.5, 0.6) is 0 Å². The highest BCUT2D eigenvalue weighted by Crippen LogP contribution is 2.52. The zero-order valence-electron chi connectivity index (χ0n) is 16.1. The second kappa shape index (κ2) is 6.48. The molecule has 1 atom stereocenters. The molecular formula is C23H17ClN4O2. The molecule has 0 aliphatic carbocycles. The van der Waals surface area contributed by atoms with E-state index in [1.807, 2.05) is 43.3 Å². The summed E-state index contributed by atoms with van der Waals surface area (Å²) in [6.07, 6.45) is 7.17. The molecule has 2 amide bonds. The Kier molecular flexibility index (Phi) is 3.99. The molecule has 2 aromatic carbocycles. The summed E-state index contributed by atoms with van der Waals surface area (Å²) in [6, 6.07) is 13.0. The van der Waals surface area contributed by atoms with Gasteiger partial charge in [-0.3, -0.25) is 14.5 Å². The van der Waals surface area contributed by atoms with Gasteiger partial charge in [0, 0.05) is 17.7 Å². The number of rotatable bonds is 2. The molecule has 6 nitrogen and oxygen atoms in total. The summed E-state index contributed by atoms with van der Waals surface area (Å²) in [5, 5.41) is 7.87. The largest absolute Gasteiger partial charge is 0.310 e. The number of aryl methyl sites for hydroxylation is 1. The molecule has 1 aromatic heterocycles. The number of aromatic nitrogens is 2. The topological polar surface area (TPSA) is 67.2 Å². The highest BCUT2D eigenvalue weighted by atomic mass is 35.5. The fourth-order valence-electron chi connectivity index (χ4n) is 4.46. The molecule has 0 saturated heterocycles. The van der Waals surface area contributed by atoms with Crippen LogP contribution < -0.4 is 10.2 Å². The summed E-state index contributed by atoms with van der Waals surface area (Å²) in [5.41, 5.74) is 2.59. The van der Waals surface area contributed by atoms with E-state index in [1.165, 1.54) is 0 Å². The number of anilines is 2. The smallest absolute Gasteiger partial charge is 0.243 e. The summed E-state index contributed by atoms with van der Waals surface area (Å²) in [7, 11) is 0. The molecule has 1 spiro atoms. The third-order valence-corrected chi connectivity index (χ3v) is 6.08. The number of terminal acetylenes is 1. The van der Waals surface area contributed by atoms with E-state index in [-0.39, 0.29) is 24.8 Å². The van der Waals surface area contributed by atoms with Crippen LogP contribution in [0.2, 0.25) is 5.02 Å². The third-order valence-electron chi connectivity index (χ3n) is 5.76. The van der Waals surface area contributed by atoms with Crippen molar-refractivity contribution in [2.45, 2.75) is 18.8 Å². The summed E-state index contributed by atoms with van der Waals surface area (Å²) in [5.74, 6) is 2.53. The van der Waals surface area contributed by atoms with E-state index in [0.717, 1.165) is 16.8 Å². The molecule has 7 heteroatoms. The molecule has 0 fully saturated rings. The molecule has 30 heavy (non-hydrogen) atoms. The number of hydrogen-bond acceptors (Lipinski definition) is 3. The van der Waals surface area contributed by atoms with Crippen molar-refractivity contribution in [2.24, 2.45) is 0 Å². The molecule has 0 bridgehead atoms. The van der Waals surface area contributed by atoms with Crippen LogP contribution in [0.25, 0.3) is 5.69 Å². The predicted molar refractivity (Wildman–Crippen MR) is 115 cm³/mol. The number of para-hydroxylation sites is 1. The van der Waals surface area contributed by atoms with Gasteiger partial charge in [0.15, 0.2) is 0 Å². The highest BCUT2D eigenvalue weighted by molar-refractivity contribution is 6.32. The fourth-order valence-corrected chi connectivity index (χ4v) is 4.68. The van der Waals surface area contributed by atoms with Crippen molar-refractivity contribution >= 4 is 34.9 Å². The molecule has 2 aliphatic rings. The molecule has 3 aromatic rings. The number of benzene rings is 2. The van der Waals surface area contributed by atoms with Gasteiger partial charge in [0.05, 0.1) is 23.5 Å². The minimum atomic E-state index is -1.17. The van der Waals surface area contributed by atoms with Gasteiger partial charge in [-0.05, 0) is 30.7 Å².